The van der Waals surface area contributed by atoms with Crippen molar-refractivity contribution in [2.24, 2.45) is 5.92 Å². The molecule has 0 bridgehead atoms. The molecule has 1 heterocycles. The van der Waals surface area contributed by atoms with Crippen molar-refractivity contribution in [3.63, 3.8) is 0 Å². The summed E-state index contributed by atoms with van der Waals surface area (Å²) in [5.41, 5.74) is -0.543. The largest absolute Gasteiger partial charge is 0.468 e. The van der Waals surface area contributed by atoms with Crippen LogP contribution in [-0.4, -0.2) is 35.9 Å². The van der Waals surface area contributed by atoms with Gasteiger partial charge in [-0.1, -0.05) is 6.92 Å². The van der Waals surface area contributed by atoms with Crippen LogP contribution in [0.15, 0.2) is 29.4 Å². The summed E-state index contributed by atoms with van der Waals surface area (Å²) in [5.74, 6) is 0.972. The van der Waals surface area contributed by atoms with Crippen molar-refractivity contribution in [2.75, 3.05) is 19.4 Å². The third kappa shape index (κ3) is 3.52. The van der Waals surface area contributed by atoms with E-state index in [2.05, 4.69) is 17.2 Å². The monoisotopic (exact) mass is 294 g/mol. The van der Waals surface area contributed by atoms with E-state index in [-0.39, 0.29) is 5.97 Å². The summed E-state index contributed by atoms with van der Waals surface area (Å²) in [5, 5.41) is 3.45. The molecule has 0 saturated heterocycles. The molecule has 1 aromatic rings. The van der Waals surface area contributed by atoms with E-state index in [0.717, 1.165) is 30.7 Å². The van der Waals surface area contributed by atoms with Crippen LogP contribution in [0.3, 0.4) is 0 Å². The summed E-state index contributed by atoms with van der Waals surface area (Å²) < 4.78 is 5.08. The number of thioether (sulfide) groups is 1. The number of rotatable bonds is 8. The highest BCUT2D eigenvalue weighted by molar-refractivity contribution is 7.99. The molecule has 0 spiro atoms. The predicted molar refractivity (Wildman–Crippen MR) is 80.7 cm³/mol. The lowest BCUT2D eigenvalue weighted by Crippen LogP contribution is -2.57. The van der Waals surface area contributed by atoms with Crippen molar-refractivity contribution in [2.45, 2.75) is 36.6 Å². The lowest BCUT2D eigenvalue weighted by molar-refractivity contribution is -0.148. The average Bonchev–Trinajstić information content (AvgIpc) is 3.33. The van der Waals surface area contributed by atoms with Crippen molar-refractivity contribution in [1.29, 1.82) is 0 Å². The highest BCUT2D eigenvalue weighted by Gasteiger charge is 2.51. The van der Waals surface area contributed by atoms with Gasteiger partial charge in [-0.05, 0) is 43.9 Å². The zero-order chi connectivity index (χ0) is 14.4. The van der Waals surface area contributed by atoms with Gasteiger partial charge in [0.25, 0.3) is 0 Å². The first kappa shape index (κ1) is 15.3. The fraction of sp³-hybridized carbons (Fsp3) is 0.600. The molecule has 1 fully saturated rings. The van der Waals surface area contributed by atoms with Gasteiger partial charge in [0.2, 0.25) is 0 Å². The lowest BCUT2D eigenvalue weighted by Gasteiger charge is -2.32. The van der Waals surface area contributed by atoms with E-state index in [9.17, 15) is 4.79 Å². The SMILES string of the molecule is CCCNC(CSc1ccncc1)(C(=O)OC)C1CC1. The Morgan fingerprint density at radius 3 is 2.75 bits per heavy atom. The van der Waals surface area contributed by atoms with Crippen LogP contribution in [0.1, 0.15) is 26.2 Å². The summed E-state index contributed by atoms with van der Waals surface area (Å²) in [6, 6.07) is 3.94. The number of pyridine rings is 1. The Balaban J connectivity index is 2.10. The van der Waals surface area contributed by atoms with Crippen LogP contribution in [0, 0.1) is 5.92 Å². The molecule has 1 aliphatic carbocycles. The minimum atomic E-state index is -0.543. The Morgan fingerprint density at radius 2 is 2.20 bits per heavy atom. The van der Waals surface area contributed by atoms with Gasteiger partial charge in [0.05, 0.1) is 7.11 Å². The van der Waals surface area contributed by atoms with Gasteiger partial charge < -0.3 is 10.1 Å². The molecule has 20 heavy (non-hydrogen) atoms. The van der Waals surface area contributed by atoms with E-state index in [0.29, 0.717) is 11.7 Å². The molecule has 110 valence electrons. The number of esters is 1. The molecule has 0 radical (unpaired) electrons. The average molecular weight is 294 g/mol. The number of carbonyl (C=O) groups is 1. The summed E-state index contributed by atoms with van der Waals surface area (Å²) in [6.07, 6.45) is 6.76. The van der Waals surface area contributed by atoms with Gasteiger partial charge in [-0.3, -0.25) is 9.78 Å². The lowest BCUT2D eigenvalue weighted by atomic mass is 9.95. The smallest absolute Gasteiger partial charge is 0.327 e. The summed E-state index contributed by atoms with van der Waals surface area (Å²) in [4.78, 5) is 17.5. The summed E-state index contributed by atoms with van der Waals surface area (Å²) >= 11 is 1.69. The number of aromatic nitrogens is 1. The quantitative estimate of drug-likeness (QED) is 0.590. The van der Waals surface area contributed by atoms with E-state index in [4.69, 9.17) is 4.74 Å². The number of methoxy groups -OCH3 is 1. The van der Waals surface area contributed by atoms with Crippen molar-refractivity contribution in [1.82, 2.24) is 10.3 Å². The topological polar surface area (TPSA) is 51.2 Å². The summed E-state index contributed by atoms with van der Waals surface area (Å²) in [7, 11) is 1.48. The molecule has 1 N–H and O–H groups in total. The Bertz CT molecular complexity index is 437. The number of nitrogens with one attached hydrogen (secondary N) is 1. The van der Waals surface area contributed by atoms with Gasteiger partial charge in [-0.2, -0.15) is 0 Å². The third-order valence-electron chi connectivity index (χ3n) is 3.63. The van der Waals surface area contributed by atoms with Crippen molar-refractivity contribution < 1.29 is 9.53 Å². The van der Waals surface area contributed by atoms with Gasteiger partial charge in [0, 0.05) is 23.0 Å². The van der Waals surface area contributed by atoms with Gasteiger partial charge in [-0.25, -0.2) is 0 Å². The van der Waals surface area contributed by atoms with E-state index in [1.54, 1.807) is 24.2 Å². The Labute approximate surface area is 124 Å². The van der Waals surface area contributed by atoms with Crippen molar-refractivity contribution in [3.05, 3.63) is 24.5 Å². The van der Waals surface area contributed by atoms with Gasteiger partial charge in [0.1, 0.15) is 5.54 Å². The molecular weight excluding hydrogens is 272 g/mol. The molecule has 0 aliphatic heterocycles. The van der Waals surface area contributed by atoms with E-state index in [1.165, 1.54) is 7.11 Å². The molecule has 0 aromatic carbocycles. The fourth-order valence-corrected chi connectivity index (χ4v) is 3.51. The van der Waals surface area contributed by atoms with Crippen LogP contribution in [0.5, 0.6) is 0 Å². The van der Waals surface area contributed by atoms with Crippen LogP contribution in [-0.2, 0) is 9.53 Å². The van der Waals surface area contributed by atoms with Crippen LogP contribution >= 0.6 is 11.8 Å². The van der Waals surface area contributed by atoms with Gasteiger partial charge >= 0.3 is 5.97 Å². The number of ether oxygens (including phenoxy) is 1. The molecule has 1 aromatic heterocycles. The van der Waals surface area contributed by atoms with Crippen LogP contribution in [0.25, 0.3) is 0 Å². The molecule has 1 saturated carbocycles. The second-order valence-electron chi connectivity index (χ2n) is 5.14. The Kier molecular flexibility index (Phi) is 5.43. The molecule has 0 amide bonds. The third-order valence-corrected chi connectivity index (χ3v) is 4.84. The normalized spacial score (nSPS) is 17.5. The maximum Gasteiger partial charge on any atom is 0.327 e. The minimum absolute atomic E-state index is 0.130. The molecule has 1 aliphatic rings. The second-order valence-corrected chi connectivity index (χ2v) is 6.18. The van der Waals surface area contributed by atoms with E-state index in [1.807, 2.05) is 12.1 Å². The molecule has 2 rings (SSSR count). The Morgan fingerprint density at radius 1 is 1.50 bits per heavy atom. The van der Waals surface area contributed by atoms with Crippen LogP contribution in [0.2, 0.25) is 0 Å². The highest BCUT2D eigenvalue weighted by atomic mass is 32.2. The van der Waals surface area contributed by atoms with E-state index >= 15 is 0 Å². The molecule has 1 unspecified atom stereocenters. The zero-order valence-corrected chi connectivity index (χ0v) is 12.9. The van der Waals surface area contributed by atoms with Crippen LogP contribution < -0.4 is 5.32 Å². The maximum absolute atomic E-state index is 12.3. The van der Waals surface area contributed by atoms with Crippen LogP contribution in [0.4, 0.5) is 0 Å². The standard InChI is InChI=1S/C15H22N2O2S/c1-3-8-17-15(12-4-5-12,14(18)19-2)11-20-13-6-9-16-10-7-13/h6-7,9-10,12,17H,3-5,8,11H2,1-2H3. The van der Waals surface area contributed by atoms with Crippen molar-refractivity contribution >= 4 is 17.7 Å². The molecular formula is C15H22N2O2S. The number of hydrogen-bond acceptors (Lipinski definition) is 5. The highest BCUT2D eigenvalue weighted by Crippen LogP contribution is 2.43. The number of hydrogen-bond donors (Lipinski definition) is 1. The molecule has 1 atom stereocenters. The molecule has 5 heteroatoms. The first-order valence-electron chi connectivity index (χ1n) is 7.09. The van der Waals surface area contributed by atoms with Gasteiger partial charge in [-0.15, -0.1) is 11.8 Å². The van der Waals surface area contributed by atoms with Gasteiger partial charge in [0.15, 0.2) is 0 Å². The first-order valence-corrected chi connectivity index (χ1v) is 8.07. The van der Waals surface area contributed by atoms with E-state index < -0.39 is 5.54 Å². The van der Waals surface area contributed by atoms with Crippen molar-refractivity contribution in [3.8, 4) is 0 Å². The molecule has 4 nitrogen and oxygen atoms in total. The minimum Gasteiger partial charge on any atom is -0.468 e. The Hall–Kier alpha value is -1.07. The number of nitrogens with zero attached hydrogens (tertiary/aromatic N) is 1. The first-order chi connectivity index (χ1) is 9.73. The fourth-order valence-electron chi connectivity index (χ4n) is 2.35. The zero-order valence-electron chi connectivity index (χ0n) is 12.1. The summed E-state index contributed by atoms with van der Waals surface area (Å²) in [6.45, 7) is 2.94. The second kappa shape index (κ2) is 7.09. The number of carbonyl (C=O) groups excluding carboxylic acids is 1. The predicted octanol–water partition coefficient (Wildman–Crippen LogP) is 2.50. The maximum atomic E-state index is 12.3.